The van der Waals surface area contributed by atoms with Gasteiger partial charge < -0.3 is 10.6 Å². The Bertz CT molecular complexity index is 1520. The van der Waals surface area contributed by atoms with E-state index in [9.17, 15) is 21.6 Å². The molecule has 0 aliphatic carbocycles. The molecule has 0 saturated carbocycles. The van der Waals surface area contributed by atoms with Gasteiger partial charge in [-0.15, -0.1) is 0 Å². The first-order valence-electron chi connectivity index (χ1n) is 10.9. The fourth-order valence-electron chi connectivity index (χ4n) is 4.56. The van der Waals surface area contributed by atoms with Crippen LogP contribution in [0.5, 0.6) is 0 Å². The van der Waals surface area contributed by atoms with Gasteiger partial charge in [0, 0.05) is 34.6 Å². The highest BCUT2D eigenvalue weighted by Crippen LogP contribution is 2.48. The predicted molar refractivity (Wildman–Crippen MR) is 136 cm³/mol. The number of hydrogen-bond donors (Lipinski definition) is 2. The van der Waals surface area contributed by atoms with Crippen molar-refractivity contribution in [2.45, 2.75) is 30.6 Å². The Morgan fingerprint density at radius 1 is 1.09 bits per heavy atom. The molecule has 2 aliphatic rings. The van der Waals surface area contributed by atoms with Crippen molar-refractivity contribution in [3.63, 3.8) is 0 Å². The van der Waals surface area contributed by atoms with Gasteiger partial charge in [0.1, 0.15) is 4.91 Å². The van der Waals surface area contributed by atoms with Crippen LogP contribution in [-0.2, 0) is 25.4 Å². The average Bonchev–Trinajstić information content (AvgIpc) is 3.09. The smallest absolute Gasteiger partial charge is 0.264 e. The molecule has 0 fully saturated rings. The first kappa shape index (κ1) is 24.9. The van der Waals surface area contributed by atoms with Crippen molar-refractivity contribution in [2.24, 2.45) is 0 Å². The van der Waals surface area contributed by atoms with E-state index in [2.05, 4.69) is 0 Å². The summed E-state index contributed by atoms with van der Waals surface area (Å²) >= 11 is 0. The highest BCUT2D eigenvalue weighted by atomic mass is 32.2. The van der Waals surface area contributed by atoms with Crippen LogP contribution in [0.4, 0.5) is 11.4 Å². The largest absolute Gasteiger partial charge is 0.399 e. The number of Topliss-reactive ketones (excluding diaryl/α,β-unsaturated/α-hetero) is 1. The fourth-order valence-corrected chi connectivity index (χ4v) is 6.61. The topological polar surface area (TPSA) is 135 Å². The lowest BCUT2D eigenvalue weighted by atomic mass is 9.83. The minimum atomic E-state index is -4.09. The van der Waals surface area contributed by atoms with Crippen molar-refractivity contribution in [2.75, 3.05) is 22.9 Å². The maximum atomic E-state index is 12.8. The Hall–Kier alpha value is -3.21. The first-order chi connectivity index (χ1) is 16.3. The molecular weight excluding hydrogens is 488 g/mol. The number of nitrogens with zero attached hydrogens (tertiary/aromatic N) is 1. The highest BCUT2D eigenvalue weighted by molar-refractivity contribution is 7.97. The number of allylic oxidation sites excluding steroid dienone is 6. The maximum Gasteiger partial charge on any atom is 0.264 e. The van der Waals surface area contributed by atoms with E-state index in [0.717, 1.165) is 16.9 Å². The summed E-state index contributed by atoms with van der Waals surface area (Å²) in [6, 6.07) is 11.6. The Morgan fingerprint density at radius 2 is 1.77 bits per heavy atom. The lowest BCUT2D eigenvalue weighted by molar-refractivity contribution is 0.104. The second-order valence-electron chi connectivity index (χ2n) is 8.99. The lowest BCUT2D eigenvalue weighted by Gasteiger charge is -2.26. The molecule has 0 bridgehead atoms. The van der Waals surface area contributed by atoms with E-state index >= 15 is 0 Å². The number of rotatable bonds is 6. The first-order valence-corrected chi connectivity index (χ1v) is 14.0. The highest BCUT2D eigenvalue weighted by Gasteiger charge is 2.40. The minimum Gasteiger partial charge on any atom is -0.399 e. The van der Waals surface area contributed by atoms with E-state index in [-0.39, 0.29) is 27.5 Å². The van der Waals surface area contributed by atoms with Crippen molar-refractivity contribution in [1.82, 2.24) is 0 Å². The summed E-state index contributed by atoms with van der Waals surface area (Å²) in [6.07, 6.45) is 6.47. The summed E-state index contributed by atoms with van der Waals surface area (Å²) in [5, 5.41) is 0. The third kappa shape index (κ3) is 4.56. The Kier molecular flexibility index (Phi) is 6.25. The van der Waals surface area contributed by atoms with Crippen LogP contribution in [0.25, 0.3) is 0 Å². The monoisotopic (exact) mass is 514 g/mol. The molecular formula is C25H26N2O6S2. The molecule has 0 radical (unpaired) electrons. The van der Waals surface area contributed by atoms with E-state index in [1.165, 1.54) is 24.3 Å². The van der Waals surface area contributed by atoms with Gasteiger partial charge in [0.2, 0.25) is 15.6 Å². The molecule has 2 heterocycles. The maximum absolute atomic E-state index is 12.8. The molecule has 184 valence electrons. The van der Waals surface area contributed by atoms with Gasteiger partial charge in [0.25, 0.3) is 10.1 Å². The zero-order chi connectivity index (χ0) is 25.6. The predicted octanol–water partition coefficient (Wildman–Crippen LogP) is 3.64. The molecule has 2 aromatic carbocycles. The molecule has 0 spiro atoms. The molecule has 10 heteroatoms. The molecule has 0 aromatic heterocycles. The van der Waals surface area contributed by atoms with Gasteiger partial charge in [-0.2, -0.15) is 8.42 Å². The number of nitrogen functional groups attached to an aromatic ring is 1. The molecule has 0 unspecified atom stereocenters. The third-order valence-corrected chi connectivity index (χ3v) is 8.89. The molecule has 0 amide bonds. The molecule has 2 aliphatic heterocycles. The standard InChI is InChI=1S/C25H26N2O6S2/c1-25(2)19-16-17(26)12-13-20(19)27(14-7-15-34(29,30)31)23(25)11-6-5-10-22-24(28)18-8-3-4-9-21(18)35(22,32)33/h3-6,8-13,16H,7,14-15,26H2,1-2H3,(H,29,30,31)/b6-5+,22-10-,23-11-. The summed E-state index contributed by atoms with van der Waals surface area (Å²) in [5.74, 6) is -0.905. The summed E-state index contributed by atoms with van der Waals surface area (Å²) < 4.78 is 57.1. The molecule has 3 N–H and O–H groups in total. The van der Waals surface area contributed by atoms with E-state index in [1.54, 1.807) is 30.4 Å². The quantitative estimate of drug-likeness (QED) is 0.339. The van der Waals surface area contributed by atoms with Crippen LogP contribution < -0.4 is 10.6 Å². The summed E-state index contributed by atoms with van der Waals surface area (Å²) in [6.45, 7) is 4.35. The zero-order valence-corrected chi connectivity index (χ0v) is 20.9. The molecule has 2 aromatic rings. The average molecular weight is 515 g/mol. The SMILES string of the molecule is CC1(C)/C(=C/C=C/C=C2/C(=O)c3ccccc3S2(=O)=O)N(CCCS(=O)(=O)O)c2ccc(N)cc21. The third-order valence-electron chi connectivity index (χ3n) is 6.25. The van der Waals surface area contributed by atoms with E-state index < -0.39 is 31.2 Å². The Labute approximate surface area is 205 Å². The molecule has 0 saturated heterocycles. The van der Waals surface area contributed by atoms with Gasteiger partial charge in [-0.1, -0.05) is 38.1 Å². The Morgan fingerprint density at radius 3 is 2.46 bits per heavy atom. The Balaban J connectivity index is 1.67. The van der Waals surface area contributed by atoms with Crippen molar-refractivity contribution in [3.8, 4) is 0 Å². The minimum absolute atomic E-state index is 0.0120. The van der Waals surface area contributed by atoms with Crippen LogP contribution in [-0.4, -0.2) is 39.5 Å². The van der Waals surface area contributed by atoms with Crippen LogP contribution in [0.3, 0.4) is 0 Å². The number of benzene rings is 2. The summed E-state index contributed by atoms with van der Waals surface area (Å²) in [7, 11) is -7.96. The van der Waals surface area contributed by atoms with Crippen molar-refractivity contribution in [3.05, 3.63) is 88.5 Å². The van der Waals surface area contributed by atoms with E-state index in [1.807, 2.05) is 30.9 Å². The molecule has 8 nitrogen and oxygen atoms in total. The van der Waals surface area contributed by atoms with Gasteiger partial charge in [-0.3, -0.25) is 9.35 Å². The second-order valence-corrected chi connectivity index (χ2v) is 12.4. The number of hydrogen-bond acceptors (Lipinski definition) is 7. The number of nitrogens with two attached hydrogens (primary N) is 1. The van der Waals surface area contributed by atoms with Crippen LogP contribution >= 0.6 is 0 Å². The number of carbonyl (C=O) groups is 1. The van der Waals surface area contributed by atoms with Crippen molar-refractivity contribution in [1.29, 1.82) is 0 Å². The van der Waals surface area contributed by atoms with Gasteiger partial charge in [0.15, 0.2) is 0 Å². The van der Waals surface area contributed by atoms with Crippen LogP contribution in [0.2, 0.25) is 0 Å². The number of fused-ring (bicyclic) bond motifs is 2. The number of sulfone groups is 1. The molecule has 0 atom stereocenters. The van der Waals surface area contributed by atoms with Crippen molar-refractivity contribution >= 4 is 37.1 Å². The van der Waals surface area contributed by atoms with Crippen LogP contribution in [0.15, 0.2) is 82.3 Å². The summed E-state index contributed by atoms with van der Waals surface area (Å²) in [5.41, 5.74) is 8.97. The fraction of sp³-hybridized carbons (Fsp3) is 0.240. The zero-order valence-electron chi connectivity index (χ0n) is 19.3. The van der Waals surface area contributed by atoms with Gasteiger partial charge in [0.05, 0.1) is 10.6 Å². The number of anilines is 2. The molecule has 35 heavy (non-hydrogen) atoms. The van der Waals surface area contributed by atoms with Gasteiger partial charge in [-0.25, -0.2) is 8.42 Å². The van der Waals surface area contributed by atoms with Gasteiger partial charge in [-0.05, 0) is 54.5 Å². The van der Waals surface area contributed by atoms with Crippen molar-refractivity contribution < 1.29 is 26.2 Å². The van der Waals surface area contributed by atoms with E-state index in [0.29, 0.717) is 12.2 Å². The second kappa shape index (κ2) is 8.78. The summed E-state index contributed by atoms with van der Waals surface area (Å²) in [4.78, 5) is 14.3. The van der Waals surface area contributed by atoms with Gasteiger partial charge >= 0.3 is 0 Å². The number of ketones is 1. The lowest BCUT2D eigenvalue weighted by Crippen LogP contribution is -2.28. The van der Waals surface area contributed by atoms with Crippen LogP contribution in [0.1, 0.15) is 36.2 Å². The van der Waals surface area contributed by atoms with Crippen LogP contribution in [0, 0.1) is 0 Å². The molecule has 4 rings (SSSR count). The normalized spacial score (nSPS) is 20.7. The number of carbonyl (C=O) groups excluding carboxylic acids is 1. The van der Waals surface area contributed by atoms with E-state index in [4.69, 9.17) is 10.3 Å².